The van der Waals surface area contributed by atoms with Crippen molar-refractivity contribution in [3.8, 4) is 5.75 Å². The van der Waals surface area contributed by atoms with Crippen LogP contribution in [0.2, 0.25) is 0 Å². The van der Waals surface area contributed by atoms with Gasteiger partial charge in [0.2, 0.25) is 0 Å². The van der Waals surface area contributed by atoms with Crippen molar-refractivity contribution in [2.24, 2.45) is 0 Å². The number of aromatic hydroxyl groups is 1. The average molecular weight is 270 g/mol. The monoisotopic (exact) mass is 270 g/mol. The van der Waals surface area contributed by atoms with Crippen molar-refractivity contribution in [3.63, 3.8) is 0 Å². The van der Waals surface area contributed by atoms with Gasteiger partial charge in [-0.05, 0) is 54.3 Å². The predicted octanol–water partition coefficient (Wildman–Crippen LogP) is 4.01. The minimum Gasteiger partial charge on any atom is -0.508 e. The van der Waals surface area contributed by atoms with Gasteiger partial charge in [-0.2, -0.15) is 0 Å². The Morgan fingerprint density at radius 2 is 1.68 bits per heavy atom. The molecule has 0 spiro atoms. The molecule has 2 aromatic rings. The van der Waals surface area contributed by atoms with Crippen LogP contribution in [0.5, 0.6) is 5.75 Å². The molecule has 0 amide bonds. The molecule has 0 saturated heterocycles. The van der Waals surface area contributed by atoms with Crippen LogP contribution in [-0.2, 0) is 0 Å². The number of benzene rings is 2. The maximum absolute atomic E-state index is 11.9. The number of hydrogen-bond donors (Lipinski definition) is 1. The Labute approximate surface area is 116 Å². The largest absolute Gasteiger partial charge is 0.508 e. The first-order chi connectivity index (χ1) is 9.19. The summed E-state index contributed by atoms with van der Waals surface area (Å²) in [6.07, 6.45) is 5.28. The molecule has 2 aromatic carbocycles. The standard InChI is InChI=1S/C16H14O2S/c1-19-15-9-5-13(6-10-15)16(18)11-4-12-2-7-14(17)8-3-12/h2-11,17H,1H3/b11-4+. The zero-order chi connectivity index (χ0) is 13.7. The molecule has 0 bridgehead atoms. The lowest BCUT2D eigenvalue weighted by Gasteiger charge is -1.98. The maximum Gasteiger partial charge on any atom is 0.185 e. The van der Waals surface area contributed by atoms with Crippen molar-refractivity contribution in [2.75, 3.05) is 6.26 Å². The number of carbonyl (C=O) groups is 1. The first-order valence-electron chi connectivity index (χ1n) is 5.84. The van der Waals surface area contributed by atoms with Crippen LogP contribution >= 0.6 is 11.8 Å². The van der Waals surface area contributed by atoms with E-state index in [1.54, 1.807) is 48.2 Å². The van der Waals surface area contributed by atoms with Gasteiger partial charge in [0.1, 0.15) is 5.75 Å². The number of rotatable bonds is 4. The fraction of sp³-hybridized carbons (Fsp3) is 0.0625. The van der Waals surface area contributed by atoms with Gasteiger partial charge >= 0.3 is 0 Å². The van der Waals surface area contributed by atoms with E-state index >= 15 is 0 Å². The Hall–Kier alpha value is -2.00. The summed E-state index contributed by atoms with van der Waals surface area (Å²) >= 11 is 1.65. The first kappa shape index (κ1) is 13.4. The third-order valence-corrected chi connectivity index (χ3v) is 3.44. The summed E-state index contributed by atoms with van der Waals surface area (Å²) in [4.78, 5) is 13.1. The highest BCUT2D eigenvalue weighted by Crippen LogP contribution is 2.16. The summed E-state index contributed by atoms with van der Waals surface area (Å²) in [5.41, 5.74) is 1.56. The van der Waals surface area contributed by atoms with Crippen LogP contribution in [0.25, 0.3) is 6.08 Å². The van der Waals surface area contributed by atoms with E-state index < -0.39 is 0 Å². The van der Waals surface area contributed by atoms with Crippen molar-refractivity contribution >= 4 is 23.6 Å². The molecule has 0 aromatic heterocycles. The topological polar surface area (TPSA) is 37.3 Å². The number of phenolic OH excluding ortho intramolecular Hbond substituents is 1. The Bertz CT molecular complexity index is 583. The summed E-state index contributed by atoms with van der Waals surface area (Å²) in [5, 5.41) is 9.17. The smallest absolute Gasteiger partial charge is 0.185 e. The number of allylic oxidation sites excluding steroid dienone is 1. The van der Waals surface area contributed by atoms with Crippen molar-refractivity contribution in [2.45, 2.75) is 4.90 Å². The Morgan fingerprint density at radius 1 is 1.05 bits per heavy atom. The lowest BCUT2D eigenvalue weighted by Crippen LogP contribution is -1.93. The quantitative estimate of drug-likeness (QED) is 0.518. The second-order valence-electron chi connectivity index (χ2n) is 4.02. The number of phenols is 1. The van der Waals surface area contributed by atoms with Gasteiger partial charge in [0.15, 0.2) is 5.78 Å². The number of thioether (sulfide) groups is 1. The van der Waals surface area contributed by atoms with E-state index in [4.69, 9.17) is 5.11 Å². The molecule has 1 N–H and O–H groups in total. The average Bonchev–Trinajstić information content (AvgIpc) is 2.46. The molecule has 0 aliphatic carbocycles. The van der Waals surface area contributed by atoms with Crippen LogP contribution < -0.4 is 0 Å². The molecule has 96 valence electrons. The number of carbonyl (C=O) groups excluding carboxylic acids is 1. The molecule has 0 aliphatic rings. The van der Waals surface area contributed by atoms with Gasteiger partial charge in [-0.25, -0.2) is 0 Å². The molecule has 0 radical (unpaired) electrons. The van der Waals surface area contributed by atoms with Gasteiger partial charge in [-0.3, -0.25) is 4.79 Å². The van der Waals surface area contributed by atoms with Crippen LogP contribution in [0.1, 0.15) is 15.9 Å². The lowest BCUT2D eigenvalue weighted by molar-refractivity contribution is 0.104. The molecule has 0 heterocycles. The van der Waals surface area contributed by atoms with Crippen LogP contribution in [0.3, 0.4) is 0 Å². The van der Waals surface area contributed by atoms with E-state index in [1.165, 1.54) is 0 Å². The van der Waals surface area contributed by atoms with E-state index in [-0.39, 0.29) is 11.5 Å². The van der Waals surface area contributed by atoms with Crippen molar-refractivity contribution in [1.82, 2.24) is 0 Å². The maximum atomic E-state index is 11.9. The van der Waals surface area contributed by atoms with Gasteiger partial charge in [0.25, 0.3) is 0 Å². The fourth-order valence-corrected chi connectivity index (χ4v) is 2.02. The minimum atomic E-state index is -0.0271. The molecule has 0 fully saturated rings. The predicted molar refractivity (Wildman–Crippen MR) is 79.7 cm³/mol. The van der Waals surface area contributed by atoms with E-state index in [0.29, 0.717) is 5.56 Å². The molecule has 3 heteroatoms. The van der Waals surface area contributed by atoms with Gasteiger partial charge in [0.05, 0.1) is 0 Å². The van der Waals surface area contributed by atoms with E-state index in [2.05, 4.69) is 0 Å². The van der Waals surface area contributed by atoms with Crippen LogP contribution in [0, 0.1) is 0 Å². The molecule has 19 heavy (non-hydrogen) atoms. The molecule has 0 aliphatic heterocycles. The molecule has 2 nitrogen and oxygen atoms in total. The van der Waals surface area contributed by atoms with E-state index in [9.17, 15) is 4.79 Å². The second kappa shape index (κ2) is 6.25. The third-order valence-electron chi connectivity index (χ3n) is 2.69. The van der Waals surface area contributed by atoms with Crippen LogP contribution in [0.15, 0.2) is 59.5 Å². The summed E-state index contributed by atoms with van der Waals surface area (Å²) < 4.78 is 0. The van der Waals surface area contributed by atoms with Crippen LogP contribution in [-0.4, -0.2) is 17.1 Å². The number of hydrogen-bond acceptors (Lipinski definition) is 3. The highest BCUT2D eigenvalue weighted by Gasteiger charge is 2.01. The molecule has 0 saturated carbocycles. The van der Waals surface area contributed by atoms with Gasteiger partial charge < -0.3 is 5.11 Å². The SMILES string of the molecule is CSc1ccc(C(=O)/C=C/c2ccc(O)cc2)cc1. The molecule has 0 unspecified atom stereocenters. The molecular formula is C16H14O2S. The van der Waals surface area contributed by atoms with Crippen molar-refractivity contribution in [1.29, 1.82) is 0 Å². The fourth-order valence-electron chi connectivity index (χ4n) is 1.61. The van der Waals surface area contributed by atoms with Gasteiger partial charge in [0, 0.05) is 10.5 Å². The molecule has 0 atom stereocenters. The van der Waals surface area contributed by atoms with E-state index in [1.807, 2.05) is 30.5 Å². The molecular weight excluding hydrogens is 256 g/mol. The minimum absolute atomic E-state index is 0.0271. The summed E-state index contributed by atoms with van der Waals surface area (Å²) in [6, 6.07) is 14.2. The second-order valence-corrected chi connectivity index (χ2v) is 4.90. The first-order valence-corrected chi connectivity index (χ1v) is 7.07. The lowest BCUT2D eigenvalue weighted by atomic mass is 10.1. The van der Waals surface area contributed by atoms with E-state index in [0.717, 1.165) is 10.5 Å². The third kappa shape index (κ3) is 3.73. The normalized spacial score (nSPS) is 10.8. The van der Waals surface area contributed by atoms with Gasteiger partial charge in [-0.15, -0.1) is 11.8 Å². The number of ketones is 1. The zero-order valence-corrected chi connectivity index (χ0v) is 11.4. The highest BCUT2D eigenvalue weighted by atomic mass is 32.2. The highest BCUT2D eigenvalue weighted by molar-refractivity contribution is 7.98. The van der Waals surface area contributed by atoms with Crippen LogP contribution in [0.4, 0.5) is 0 Å². The Kier molecular flexibility index (Phi) is 4.42. The van der Waals surface area contributed by atoms with Crippen molar-refractivity contribution < 1.29 is 9.90 Å². The van der Waals surface area contributed by atoms with Gasteiger partial charge in [-0.1, -0.05) is 18.2 Å². The molecule has 2 rings (SSSR count). The summed E-state index contributed by atoms with van der Waals surface area (Å²) in [6.45, 7) is 0. The Balaban J connectivity index is 2.09. The van der Waals surface area contributed by atoms with Crippen molar-refractivity contribution in [3.05, 3.63) is 65.7 Å². The summed E-state index contributed by atoms with van der Waals surface area (Å²) in [7, 11) is 0. The zero-order valence-electron chi connectivity index (χ0n) is 10.5. The summed E-state index contributed by atoms with van der Waals surface area (Å²) in [5.74, 6) is 0.192. The Morgan fingerprint density at radius 3 is 2.26 bits per heavy atom.